The van der Waals surface area contributed by atoms with Gasteiger partial charge in [0.05, 0.1) is 12.1 Å². The monoisotopic (exact) mass is 468 g/mol. The molecular formula is C23H25ClN6OS. The summed E-state index contributed by atoms with van der Waals surface area (Å²) in [4.78, 5) is 19.1. The molecule has 0 saturated heterocycles. The van der Waals surface area contributed by atoms with Crippen molar-refractivity contribution in [2.75, 3.05) is 13.1 Å². The number of carbonyl (C=O) groups is 1. The van der Waals surface area contributed by atoms with Gasteiger partial charge in [-0.05, 0) is 50.8 Å². The highest BCUT2D eigenvalue weighted by molar-refractivity contribution is 7.15. The summed E-state index contributed by atoms with van der Waals surface area (Å²) in [6.07, 6.45) is 10.9. The number of carbonyl (C=O) groups excluding carboxylic acids is 1. The molecule has 0 radical (unpaired) electrons. The SMILES string of the molecule is C#CNCCNC(=O)C[C@@H]1N=C(C2=CC=C(Cl)CC2)c2c(sc(C)c2C)-n2c(C)nnc21. The highest BCUT2D eigenvalue weighted by Crippen LogP contribution is 2.40. The highest BCUT2D eigenvalue weighted by Gasteiger charge is 2.33. The van der Waals surface area contributed by atoms with Crippen LogP contribution in [0.4, 0.5) is 0 Å². The molecule has 1 amide bonds. The second kappa shape index (κ2) is 9.31. The van der Waals surface area contributed by atoms with E-state index >= 15 is 0 Å². The van der Waals surface area contributed by atoms with E-state index in [1.54, 1.807) is 11.3 Å². The molecule has 1 aliphatic heterocycles. The number of aryl methyl sites for hydroxylation is 2. The Morgan fingerprint density at radius 2 is 2.09 bits per heavy atom. The fourth-order valence-corrected chi connectivity index (χ4v) is 5.31. The maximum atomic E-state index is 12.7. The Labute approximate surface area is 196 Å². The molecule has 2 aromatic rings. The van der Waals surface area contributed by atoms with Crippen molar-refractivity contribution >= 4 is 34.6 Å². The molecule has 0 fully saturated rings. The van der Waals surface area contributed by atoms with Crippen LogP contribution in [-0.4, -0.2) is 39.5 Å². The lowest BCUT2D eigenvalue weighted by atomic mass is 9.93. The molecule has 0 unspecified atom stereocenters. The molecule has 32 heavy (non-hydrogen) atoms. The Morgan fingerprint density at radius 1 is 1.28 bits per heavy atom. The van der Waals surface area contributed by atoms with Crippen LogP contribution in [0.15, 0.2) is 27.7 Å². The first kappa shape index (κ1) is 22.3. The van der Waals surface area contributed by atoms with E-state index in [1.165, 1.54) is 10.4 Å². The van der Waals surface area contributed by atoms with E-state index < -0.39 is 6.04 Å². The van der Waals surface area contributed by atoms with Gasteiger partial charge in [0.25, 0.3) is 0 Å². The molecule has 0 spiro atoms. The summed E-state index contributed by atoms with van der Waals surface area (Å²) >= 11 is 7.93. The fourth-order valence-electron chi connectivity index (χ4n) is 3.94. The minimum Gasteiger partial charge on any atom is -0.354 e. The van der Waals surface area contributed by atoms with E-state index in [0.29, 0.717) is 18.9 Å². The van der Waals surface area contributed by atoms with Gasteiger partial charge in [0.15, 0.2) is 5.82 Å². The van der Waals surface area contributed by atoms with Crippen LogP contribution in [0, 0.1) is 33.2 Å². The number of thiophene rings is 1. The van der Waals surface area contributed by atoms with Crippen LogP contribution in [0.25, 0.3) is 5.00 Å². The van der Waals surface area contributed by atoms with Crippen LogP contribution in [-0.2, 0) is 4.79 Å². The van der Waals surface area contributed by atoms with E-state index in [0.717, 1.165) is 45.5 Å². The topological polar surface area (TPSA) is 84.2 Å². The van der Waals surface area contributed by atoms with Crippen molar-refractivity contribution in [2.45, 2.75) is 46.1 Å². The van der Waals surface area contributed by atoms with Gasteiger partial charge in [-0.2, -0.15) is 0 Å². The molecule has 1 atom stereocenters. The van der Waals surface area contributed by atoms with Gasteiger partial charge in [-0.25, -0.2) is 0 Å². The van der Waals surface area contributed by atoms with Crippen LogP contribution in [0.3, 0.4) is 0 Å². The van der Waals surface area contributed by atoms with Gasteiger partial charge in [0.2, 0.25) is 5.91 Å². The lowest BCUT2D eigenvalue weighted by molar-refractivity contribution is -0.121. The summed E-state index contributed by atoms with van der Waals surface area (Å²) in [7, 11) is 0. The first-order chi connectivity index (χ1) is 15.4. The zero-order valence-corrected chi connectivity index (χ0v) is 19.9. The predicted octanol–water partition coefficient (Wildman–Crippen LogP) is 3.63. The summed E-state index contributed by atoms with van der Waals surface area (Å²) in [5.74, 6) is 1.35. The van der Waals surface area contributed by atoms with Crippen molar-refractivity contribution in [3.8, 4) is 17.5 Å². The number of amides is 1. The molecule has 0 bridgehead atoms. The fraction of sp³-hybridized carbons (Fsp3) is 0.391. The third-order valence-electron chi connectivity index (χ3n) is 5.70. The second-order valence-corrected chi connectivity index (χ2v) is 9.52. The van der Waals surface area contributed by atoms with E-state index in [1.807, 2.05) is 19.1 Å². The summed E-state index contributed by atoms with van der Waals surface area (Å²) in [6.45, 7) is 7.12. The number of aliphatic imine (C=N–C) groups is 1. The normalized spacial score (nSPS) is 17.2. The van der Waals surface area contributed by atoms with E-state index in [2.05, 4.69) is 45.3 Å². The molecule has 166 valence electrons. The molecule has 4 rings (SSSR count). The summed E-state index contributed by atoms with van der Waals surface area (Å²) < 4.78 is 2.06. The number of hydrogen-bond acceptors (Lipinski definition) is 6. The summed E-state index contributed by atoms with van der Waals surface area (Å²) in [5.41, 5.74) is 4.32. The van der Waals surface area contributed by atoms with Crippen LogP contribution < -0.4 is 10.6 Å². The predicted molar refractivity (Wildman–Crippen MR) is 128 cm³/mol. The largest absolute Gasteiger partial charge is 0.354 e. The minimum absolute atomic E-state index is 0.108. The average Bonchev–Trinajstić information content (AvgIpc) is 3.24. The average molecular weight is 469 g/mol. The molecule has 0 saturated carbocycles. The van der Waals surface area contributed by atoms with Gasteiger partial charge in [-0.15, -0.1) is 21.5 Å². The zero-order valence-electron chi connectivity index (χ0n) is 18.3. The summed E-state index contributed by atoms with van der Waals surface area (Å²) in [5, 5.41) is 16.3. The number of aromatic nitrogens is 3. The standard InChI is InChI=1S/C23H25ClN6OS/c1-5-25-10-11-26-19(31)12-18-22-29-28-15(4)30(22)23-20(13(2)14(3)32-23)21(27-18)16-6-8-17(24)9-7-16/h1,6,8,18,25H,7,9-12H2,2-4H3,(H,26,31)/t18-/m0/s1. The van der Waals surface area contributed by atoms with Crippen LogP contribution in [0.5, 0.6) is 0 Å². The second-order valence-electron chi connectivity index (χ2n) is 7.83. The van der Waals surface area contributed by atoms with Crippen molar-refractivity contribution in [2.24, 2.45) is 4.99 Å². The minimum atomic E-state index is -0.451. The van der Waals surface area contributed by atoms with E-state index in [4.69, 9.17) is 23.0 Å². The number of halogens is 1. The van der Waals surface area contributed by atoms with Crippen LogP contribution >= 0.6 is 22.9 Å². The molecule has 2 aliphatic rings. The Morgan fingerprint density at radius 3 is 2.81 bits per heavy atom. The number of nitrogens with zero attached hydrogens (tertiary/aromatic N) is 4. The summed E-state index contributed by atoms with van der Waals surface area (Å²) in [6, 6.07) is 1.89. The molecule has 0 aromatic carbocycles. The molecule has 1 aliphatic carbocycles. The third kappa shape index (κ3) is 4.23. The van der Waals surface area contributed by atoms with Gasteiger partial charge < -0.3 is 10.6 Å². The van der Waals surface area contributed by atoms with Crippen molar-refractivity contribution in [3.63, 3.8) is 0 Å². The van der Waals surface area contributed by atoms with Crippen molar-refractivity contribution < 1.29 is 4.79 Å². The number of terminal acetylenes is 1. The zero-order chi connectivity index (χ0) is 22.8. The van der Waals surface area contributed by atoms with E-state index in [-0.39, 0.29) is 12.3 Å². The molecule has 7 nitrogen and oxygen atoms in total. The van der Waals surface area contributed by atoms with Crippen LogP contribution in [0.2, 0.25) is 0 Å². The lowest BCUT2D eigenvalue weighted by Gasteiger charge is -2.16. The maximum Gasteiger partial charge on any atom is 0.222 e. The van der Waals surface area contributed by atoms with Gasteiger partial charge in [0.1, 0.15) is 16.9 Å². The molecule has 3 heterocycles. The number of hydrogen-bond donors (Lipinski definition) is 2. The van der Waals surface area contributed by atoms with Crippen molar-refractivity contribution in [1.82, 2.24) is 25.4 Å². The van der Waals surface area contributed by atoms with Crippen LogP contribution in [0.1, 0.15) is 53.0 Å². The van der Waals surface area contributed by atoms with Crippen molar-refractivity contribution in [1.29, 1.82) is 0 Å². The highest BCUT2D eigenvalue weighted by atomic mass is 35.5. The Balaban J connectivity index is 1.78. The quantitative estimate of drug-likeness (QED) is 0.385. The van der Waals surface area contributed by atoms with E-state index in [9.17, 15) is 4.79 Å². The van der Waals surface area contributed by atoms with Gasteiger partial charge in [-0.1, -0.05) is 24.1 Å². The molecule has 2 aromatic heterocycles. The Bertz CT molecular complexity index is 1200. The number of nitrogens with one attached hydrogen (secondary N) is 2. The number of allylic oxidation sites excluding steroid dienone is 4. The molecule has 9 heteroatoms. The van der Waals surface area contributed by atoms with Gasteiger partial charge in [0, 0.05) is 34.6 Å². The maximum absolute atomic E-state index is 12.7. The molecule has 2 N–H and O–H groups in total. The number of rotatable bonds is 6. The third-order valence-corrected chi connectivity index (χ3v) is 7.20. The Kier molecular flexibility index (Phi) is 6.49. The lowest BCUT2D eigenvalue weighted by Crippen LogP contribution is -2.31. The Hall–Kier alpha value is -2.89. The first-order valence-electron chi connectivity index (χ1n) is 10.5. The van der Waals surface area contributed by atoms with Crippen molar-refractivity contribution in [3.05, 3.63) is 50.4 Å². The molecular weight excluding hydrogens is 444 g/mol. The first-order valence-corrected chi connectivity index (χ1v) is 11.7. The smallest absolute Gasteiger partial charge is 0.222 e. The number of fused-ring (bicyclic) bond motifs is 3. The van der Waals surface area contributed by atoms with Gasteiger partial charge in [-0.3, -0.25) is 14.4 Å². The van der Waals surface area contributed by atoms with Gasteiger partial charge >= 0.3 is 0 Å².